The Bertz CT molecular complexity index is 1200. The van der Waals surface area contributed by atoms with Crippen LogP contribution >= 0.6 is 0 Å². The molecule has 10 atom stereocenters. The first kappa shape index (κ1) is 42.2. The van der Waals surface area contributed by atoms with E-state index >= 15 is 0 Å². The molecule has 19 heteroatoms. The van der Waals surface area contributed by atoms with Crippen molar-refractivity contribution >= 4 is 52.5 Å². The van der Waals surface area contributed by atoms with E-state index in [4.69, 9.17) is 51.5 Å². The normalized spacial score (nSPS) is 30.4. The molecule has 0 aromatic heterocycles. The minimum atomic E-state index is -2.50. The standard InChI is InChI=1S/C30H50O17Si2/c1-15(31)37-13-21-23(39-17(3)33)25(41-19(5)35)27(42-20(6)36)29(43-21)45-30-28(47-49(10,11)12)26(46-48(7,8)9)24(40-18(4)34)22(44-30)14-38-16(2)32/h21-30H,13-14H2,1-12H3/t21?,22?,23-,24-,25-,26+,27?,28?,29-,30-/m1/s1. The minimum absolute atomic E-state index is 0.378. The molecule has 49 heavy (non-hydrogen) atoms. The summed E-state index contributed by atoms with van der Waals surface area (Å²) in [6.45, 7) is 17.4. The topological polar surface area (TPSA) is 204 Å². The summed E-state index contributed by atoms with van der Waals surface area (Å²) in [4.78, 5) is 72.8. The second-order valence-electron chi connectivity index (χ2n) is 13.5. The van der Waals surface area contributed by atoms with Gasteiger partial charge in [-0.25, -0.2) is 0 Å². The number of carbonyl (C=O) groups is 6. The fourth-order valence-electron chi connectivity index (χ4n) is 5.16. The van der Waals surface area contributed by atoms with Crippen LogP contribution in [0.4, 0.5) is 0 Å². The molecule has 0 aromatic carbocycles. The molecular weight excluding hydrogens is 688 g/mol. The summed E-state index contributed by atoms with van der Waals surface area (Å²) < 4.78 is 64.6. The molecular formula is C30H50O17Si2. The van der Waals surface area contributed by atoms with Crippen LogP contribution in [-0.2, 0) is 80.3 Å². The number of carbonyl (C=O) groups excluding carboxylic acids is 6. The van der Waals surface area contributed by atoms with Gasteiger partial charge >= 0.3 is 35.8 Å². The summed E-state index contributed by atoms with van der Waals surface area (Å²) in [6.07, 6.45) is -13.3. The predicted octanol–water partition coefficient (Wildman–Crippen LogP) is 1.75. The first-order chi connectivity index (χ1) is 22.5. The highest BCUT2D eigenvalue weighted by Crippen LogP contribution is 2.37. The molecule has 0 bridgehead atoms. The van der Waals surface area contributed by atoms with Crippen molar-refractivity contribution in [2.45, 2.75) is 142 Å². The molecule has 0 aromatic rings. The van der Waals surface area contributed by atoms with Gasteiger partial charge in [0.25, 0.3) is 0 Å². The second kappa shape index (κ2) is 17.8. The molecule has 17 nitrogen and oxygen atoms in total. The number of rotatable bonds is 14. The molecule has 0 saturated carbocycles. The lowest BCUT2D eigenvalue weighted by Crippen LogP contribution is -2.68. The van der Waals surface area contributed by atoms with E-state index < -0.39 is 120 Å². The fraction of sp³-hybridized carbons (Fsp3) is 0.800. The van der Waals surface area contributed by atoms with Gasteiger partial charge in [0, 0.05) is 41.5 Å². The van der Waals surface area contributed by atoms with E-state index in [0.29, 0.717) is 0 Å². The van der Waals surface area contributed by atoms with E-state index in [9.17, 15) is 28.8 Å². The van der Waals surface area contributed by atoms with Gasteiger partial charge in [-0.2, -0.15) is 0 Å². The van der Waals surface area contributed by atoms with Gasteiger partial charge in [0.05, 0.1) is 0 Å². The van der Waals surface area contributed by atoms with Gasteiger partial charge in [0.15, 0.2) is 47.3 Å². The second-order valence-corrected chi connectivity index (χ2v) is 22.4. The summed E-state index contributed by atoms with van der Waals surface area (Å²) >= 11 is 0. The Kier molecular flexibility index (Phi) is 15.4. The average molecular weight is 739 g/mol. The van der Waals surface area contributed by atoms with Gasteiger partial charge in [-0.3, -0.25) is 28.8 Å². The Morgan fingerprint density at radius 2 is 0.776 bits per heavy atom. The quantitative estimate of drug-likeness (QED) is 0.141. The summed E-state index contributed by atoms with van der Waals surface area (Å²) in [5.74, 6) is -4.43. The molecule has 2 fully saturated rings. The Morgan fingerprint density at radius 3 is 1.14 bits per heavy atom. The van der Waals surface area contributed by atoms with Crippen LogP contribution in [0.25, 0.3) is 0 Å². The zero-order valence-corrected chi connectivity index (χ0v) is 32.1. The lowest BCUT2D eigenvalue weighted by molar-refractivity contribution is -0.374. The maximum atomic E-state index is 12.4. The van der Waals surface area contributed by atoms with Crippen molar-refractivity contribution in [2.24, 2.45) is 0 Å². The Hall–Kier alpha value is -2.95. The smallest absolute Gasteiger partial charge is 0.303 e. The summed E-state index contributed by atoms with van der Waals surface area (Å²) in [6, 6.07) is 0. The Balaban J connectivity index is 2.75. The zero-order chi connectivity index (χ0) is 37.4. The van der Waals surface area contributed by atoms with E-state index in [1.54, 1.807) is 0 Å². The Morgan fingerprint density at radius 1 is 0.449 bits per heavy atom. The van der Waals surface area contributed by atoms with Gasteiger partial charge < -0.3 is 51.5 Å². The first-order valence-electron chi connectivity index (χ1n) is 15.7. The molecule has 0 N–H and O–H groups in total. The van der Waals surface area contributed by atoms with Crippen molar-refractivity contribution in [3.8, 4) is 0 Å². The summed E-state index contributed by atoms with van der Waals surface area (Å²) in [5.41, 5.74) is 0. The number of ether oxygens (including phenoxy) is 9. The highest BCUT2D eigenvalue weighted by Gasteiger charge is 2.57. The van der Waals surface area contributed by atoms with Crippen molar-refractivity contribution in [2.75, 3.05) is 13.2 Å². The van der Waals surface area contributed by atoms with Crippen LogP contribution in [0, 0.1) is 0 Å². The van der Waals surface area contributed by atoms with Crippen LogP contribution < -0.4 is 0 Å². The van der Waals surface area contributed by atoms with E-state index in [0.717, 1.165) is 27.7 Å². The molecule has 2 rings (SSSR count). The van der Waals surface area contributed by atoms with Crippen LogP contribution in [-0.4, -0.2) is 127 Å². The molecule has 2 aliphatic heterocycles. The first-order valence-corrected chi connectivity index (χ1v) is 22.6. The third kappa shape index (κ3) is 14.1. The lowest BCUT2D eigenvalue weighted by atomic mass is 9.97. The Labute approximate surface area is 288 Å². The maximum Gasteiger partial charge on any atom is 0.303 e. The molecule has 4 unspecified atom stereocenters. The highest BCUT2D eigenvalue weighted by atomic mass is 28.4. The van der Waals surface area contributed by atoms with E-state index in [1.165, 1.54) is 13.8 Å². The highest BCUT2D eigenvalue weighted by molar-refractivity contribution is 6.70. The molecule has 0 spiro atoms. The van der Waals surface area contributed by atoms with Crippen molar-refractivity contribution < 1.29 is 80.3 Å². The predicted molar refractivity (Wildman–Crippen MR) is 170 cm³/mol. The number of hydrogen-bond donors (Lipinski definition) is 0. The van der Waals surface area contributed by atoms with Crippen molar-refractivity contribution in [3.05, 3.63) is 0 Å². The third-order valence-corrected chi connectivity index (χ3v) is 8.50. The minimum Gasteiger partial charge on any atom is -0.463 e. The van der Waals surface area contributed by atoms with Crippen LogP contribution in [0.2, 0.25) is 39.3 Å². The van der Waals surface area contributed by atoms with Crippen molar-refractivity contribution in [1.29, 1.82) is 0 Å². The summed E-state index contributed by atoms with van der Waals surface area (Å²) in [7, 11) is -4.97. The summed E-state index contributed by atoms with van der Waals surface area (Å²) in [5, 5.41) is 0. The molecule has 0 amide bonds. The monoisotopic (exact) mass is 738 g/mol. The van der Waals surface area contributed by atoms with Gasteiger partial charge in [0.1, 0.15) is 37.6 Å². The molecule has 0 radical (unpaired) electrons. The third-order valence-electron chi connectivity index (χ3n) is 6.54. The molecule has 2 aliphatic rings. The molecule has 280 valence electrons. The van der Waals surface area contributed by atoms with Crippen LogP contribution in [0.5, 0.6) is 0 Å². The van der Waals surface area contributed by atoms with Crippen molar-refractivity contribution in [3.63, 3.8) is 0 Å². The van der Waals surface area contributed by atoms with Gasteiger partial charge in [0.2, 0.25) is 6.29 Å². The lowest BCUT2D eigenvalue weighted by Gasteiger charge is -2.50. The van der Waals surface area contributed by atoms with Gasteiger partial charge in [-0.1, -0.05) is 0 Å². The van der Waals surface area contributed by atoms with Crippen molar-refractivity contribution in [1.82, 2.24) is 0 Å². The van der Waals surface area contributed by atoms with Crippen LogP contribution in [0.1, 0.15) is 41.5 Å². The zero-order valence-electron chi connectivity index (χ0n) is 30.1. The fourth-order valence-corrected chi connectivity index (χ4v) is 7.31. The number of esters is 6. The van der Waals surface area contributed by atoms with Crippen LogP contribution in [0.15, 0.2) is 0 Å². The number of hydrogen-bond acceptors (Lipinski definition) is 17. The van der Waals surface area contributed by atoms with E-state index in [2.05, 4.69) is 0 Å². The van der Waals surface area contributed by atoms with Crippen LogP contribution in [0.3, 0.4) is 0 Å². The molecule has 0 aliphatic carbocycles. The van der Waals surface area contributed by atoms with E-state index in [-0.39, 0.29) is 6.61 Å². The van der Waals surface area contributed by atoms with Gasteiger partial charge in [-0.05, 0) is 39.3 Å². The molecule has 2 heterocycles. The molecule has 2 saturated heterocycles. The SMILES string of the molecule is CC(=O)OCC1O[C@H](O[C@H]2OC(COC(C)=O)[C@@H](OC(C)=O)[C@@H](OC(C)=O)C2OC(C)=O)C(O[Si](C)(C)C)[C@@H](O[Si](C)(C)C)[C@@H]1OC(C)=O. The van der Waals surface area contributed by atoms with Gasteiger partial charge in [-0.15, -0.1) is 0 Å². The maximum absolute atomic E-state index is 12.4. The largest absolute Gasteiger partial charge is 0.463 e. The average Bonchev–Trinajstić information content (AvgIpc) is 2.90. The van der Waals surface area contributed by atoms with E-state index in [1.807, 2.05) is 39.3 Å².